The highest BCUT2D eigenvalue weighted by Crippen LogP contribution is 2.37. The lowest BCUT2D eigenvalue weighted by Gasteiger charge is -2.47. The summed E-state index contributed by atoms with van der Waals surface area (Å²) in [5, 5.41) is 47.4. The summed E-state index contributed by atoms with van der Waals surface area (Å²) in [7, 11) is 3.08. The maximum Gasteiger partial charge on any atom is 0.316 e. The van der Waals surface area contributed by atoms with Gasteiger partial charge >= 0.3 is 5.97 Å². The van der Waals surface area contributed by atoms with Gasteiger partial charge in [-0.3, -0.25) is 14.4 Å². The molecule has 1 amide bonds. The van der Waals surface area contributed by atoms with Gasteiger partial charge in [0.15, 0.2) is 24.2 Å². The number of hydrogen-bond donors (Lipinski definition) is 5. The number of esters is 1. The second-order valence-corrected chi connectivity index (χ2v) is 14.5. The third kappa shape index (κ3) is 8.83. The van der Waals surface area contributed by atoms with Crippen LogP contribution in [0.1, 0.15) is 74.7 Å². The molecule has 0 aromatic heterocycles. The van der Waals surface area contributed by atoms with Crippen molar-refractivity contribution in [2.75, 3.05) is 27.3 Å². The molecule has 3 heterocycles. The largest absolute Gasteiger partial charge is 0.459 e. The molecule has 3 saturated heterocycles. The summed E-state index contributed by atoms with van der Waals surface area (Å²) < 4.78 is 29.5. The van der Waals surface area contributed by atoms with Crippen LogP contribution in [0.25, 0.3) is 0 Å². The number of Topliss-reactive ketones (excluding diaryl/α,β-unsaturated/α-hetero) is 1. The van der Waals surface area contributed by atoms with Crippen LogP contribution in [0, 0.1) is 17.8 Å². The Morgan fingerprint density at radius 3 is 2.20 bits per heavy atom. The average molecular weight is 662 g/mol. The number of hydroxylamine groups is 3. The zero-order valence-corrected chi connectivity index (χ0v) is 29.0. The van der Waals surface area contributed by atoms with E-state index >= 15 is 0 Å². The number of cyclic esters (lactones) is 1. The Labute approximate surface area is 272 Å². The maximum absolute atomic E-state index is 14.1. The number of rotatable bonds is 7. The number of aliphatic hydroxyl groups is 3. The summed E-state index contributed by atoms with van der Waals surface area (Å²) in [6.07, 6.45) is -6.56. The van der Waals surface area contributed by atoms with Crippen LogP contribution in [0.4, 0.5) is 0 Å². The number of amides is 1. The van der Waals surface area contributed by atoms with Gasteiger partial charge in [0, 0.05) is 18.4 Å². The first-order valence-corrected chi connectivity index (χ1v) is 16.4. The minimum atomic E-state index is -2.01. The number of ketones is 1. The van der Waals surface area contributed by atoms with Crippen LogP contribution in [0.2, 0.25) is 0 Å². The van der Waals surface area contributed by atoms with E-state index in [0.717, 1.165) is 0 Å². The lowest BCUT2D eigenvalue weighted by molar-refractivity contribution is -1.09. The number of quaternary nitrogens is 1. The van der Waals surface area contributed by atoms with Crippen molar-refractivity contribution in [2.45, 2.75) is 141 Å². The van der Waals surface area contributed by atoms with Crippen molar-refractivity contribution < 1.29 is 63.2 Å². The summed E-state index contributed by atoms with van der Waals surface area (Å²) in [5.74, 6) is -5.45. The molecule has 0 saturated carbocycles. The van der Waals surface area contributed by atoms with Crippen LogP contribution in [0.15, 0.2) is 0 Å². The van der Waals surface area contributed by atoms with E-state index in [4.69, 9.17) is 23.7 Å². The summed E-state index contributed by atoms with van der Waals surface area (Å²) in [4.78, 5) is 40.8. The molecular weight excluding hydrogens is 604 g/mol. The van der Waals surface area contributed by atoms with Gasteiger partial charge < -0.3 is 44.3 Å². The van der Waals surface area contributed by atoms with Crippen LogP contribution < -0.4 is 5.32 Å². The summed E-state index contributed by atoms with van der Waals surface area (Å²) in [6, 6.07) is -1.27. The quantitative estimate of drug-likeness (QED) is 0.0844. The molecule has 3 fully saturated rings. The van der Waals surface area contributed by atoms with E-state index in [9.17, 15) is 34.9 Å². The molecule has 0 spiro atoms. The molecule has 0 aromatic carbocycles. The molecule has 3 rings (SSSR count). The smallest absolute Gasteiger partial charge is 0.316 e. The van der Waals surface area contributed by atoms with E-state index in [2.05, 4.69) is 5.32 Å². The first-order chi connectivity index (χ1) is 21.1. The van der Waals surface area contributed by atoms with Gasteiger partial charge in [-0.1, -0.05) is 20.8 Å². The molecule has 14 heteroatoms. The Kier molecular flexibility index (Phi) is 12.4. The molecule has 0 radical (unpaired) electrons. The van der Waals surface area contributed by atoms with Gasteiger partial charge in [0.25, 0.3) is 0 Å². The highest BCUT2D eigenvalue weighted by Gasteiger charge is 2.53. The Balaban J connectivity index is 2.10. The van der Waals surface area contributed by atoms with Gasteiger partial charge in [-0.25, -0.2) is 5.21 Å². The van der Waals surface area contributed by atoms with Gasteiger partial charge in [0.05, 0.1) is 57.1 Å². The van der Waals surface area contributed by atoms with E-state index < -0.39 is 100 Å². The fourth-order valence-corrected chi connectivity index (χ4v) is 6.80. The van der Waals surface area contributed by atoms with Crippen molar-refractivity contribution in [3.05, 3.63) is 0 Å². The Hall–Kier alpha value is -1.75. The van der Waals surface area contributed by atoms with Crippen LogP contribution >= 0.6 is 0 Å². The van der Waals surface area contributed by atoms with E-state index in [1.54, 1.807) is 48.7 Å². The lowest BCUT2D eigenvalue weighted by atomic mass is 9.79. The van der Waals surface area contributed by atoms with E-state index in [-0.39, 0.29) is 25.6 Å². The van der Waals surface area contributed by atoms with Gasteiger partial charge in [0.1, 0.15) is 23.7 Å². The van der Waals surface area contributed by atoms with Crippen molar-refractivity contribution in [2.24, 2.45) is 17.8 Å². The molecule has 46 heavy (non-hydrogen) atoms. The van der Waals surface area contributed by atoms with E-state index in [0.29, 0.717) is 13.0 Å². The number of ether oxygens (including phenoxy) is 5. The monoisotopic (exact) mass is 661 g/mol. The number of likely N-dealkylation sites (N-methyl/N-ethyl adjacent to an activating group) is 1. The lowest BCUT2D eigenvalue weighted by Crippen LogP contribution is -2.63. The van der Waals surface area contributed by atoms with Crippen molar-refractivity contribution in [3.63, 3.8) is 0 Å². The number of hydrogen-bond acceptors (Lipinski definition) is 12. The van der Waals surface area contributed by atoms with Crippen molar-refractivity contribution in [1.82, 2.24) is 5.32 Å². The third-order valence-electron chi connectivity index (χ3n) is 9.86. The third-order valence-corrected chi connectivity index (χ3v) is 9.86. The normalized spacial score (nSPS) is 45.3. The van der Waals surface area contributed by atoms with Gasteiger partial charge in [-0.2, -0.15) is 4.65 Å². The van der Waals surface area contributed by atoms with Gasteiger partial charge in [-0.15, -0.1) is 0 Å². The highest BCUT2D eigenvalue weighted by molar-refractivity contribution is 6.00. The highest BCUT2D eigenvalue weighted by atomic mass is 16.7. The summed E-state index contributed by atoms with van der Waals surface area (Å²) >= 11 is 0. The van der Waals surface area contributed by atoms with Crippen LogP contribution in [-0.4, -0.2) is 136 Å². The number of carbonyl (C=O) groups excluding carboxylic acids is 3. The van der Waals surface area contributed by atoms with E-state index in [1.807, 2.05) is 0 Å². The molecule has 1 unspecified atom stereocenters. The molecule has 0 aliphatic carbocycles. The number of nitrogens with one attached hydrogen (secondary N) is 1. The Bertz CT molecular complexity index is 1080. The minimum absolute atomic E-state index is 0.104. The van der Waals surface area contributed by atoms with Crippen LogP contribution in [0.3, 0.4) is 0 Å². The maximum atomic E-state index is 14.1. The first-order valence-electron chi connectivity index (χ1n) is 16.4. The minimum Gasteiger partial charge on any atom is -0.459 e. The molecule has 0 aromatic rings. The predicted octanol–water partition coefficient (Wildman–Crippen LogP) is 0.695. The molecule has 0 bridgehead atoms. The summed E-state index contributed by atoms with van der Waals surface area (Å²) in [5.41, 5.74) is -3.33. The Morgan fingerprint density at radius 1 is 1.04 bits per heavy atom. The van der Waals surface area contributed by atoms with Crippen molar-refractivity contribution in [1.29, 1.82) is 0 Å². The predicted molar refractivity (Wildman–Crippen MR) is 163 cm³/mol. The zero-order valence-electron chi connectivity index (χ0n) is 29.0. The number of aliphatic hydroxyl groups excluding tert-OH is 2. The van der Waals surface area contributed by atoms with Crippen LogP contribution in [0.5, 0.6) is 0 Å². The Morgan fingerprint density at radius 2 is 1.65 bits per heavy atom. The van der Waals surface area contributed by atoms with Crippen molar-refractivity contribution >= 4 is 17.7 Å². The van der Waals surface area contributed by atoms with Gasteiger partial charge in [-0.05, 0) is 47.5 Å². The molecule has 266 valence electrons. The molecule has 14 atom stereocenters. The van der Waals surface area contributed by atoms with E-state index in [1.165, 1.54) is 20.8 Å². The fraction of sp³-hybridized carbons (Fsp3) is 0.906. The van der Waals surface area contributed by atoms with Crippen LogP contribution in [-0.2, 0) is 38.1 Å². The SMILES string of the molecule is CC[C@H]1OC(=O)[C@H](C)C(=O)[C@H](C)[C@@H](O[C@@H]2O[C@H](C)C[C@H]([N+](C)(C)O)[C@H]2O)[C@](C)(OCC2CO2)C[C@@H](C)NC(=O)[C@H](C)[C@@H](O)[C@]1(C)O. The molecule has 5 N–H and O–H groups in total. The second kappa shape index (κ2) is 14.8. The summed E-state index contributed by atoms with van der Waals surface area (Å²) in [6.45, 7) is 13.3. The fourth-order valence-electron chi connectivity index (χ4n) is 6.80. The second-order valence-electron chi connectivity index (χ2n) is 14.5. The topological polar surface area (TPSA) is 194 Å². The first kappa shape index (κ1) is 38.7. The number of epoxide rings is 1. The van der Waals surface area contributed by atoms with Gasteiger partial charge in [0.2, 0.25) is 5.91 Å². The van der Waals surface area contributed by atoms with Crippen molar-refractivity contribution in [3.8, 4) is 0 Å². The molecule has 3 aliphatic rings. The zero-order chi connectivity index (χ0) is 34.9. The standard InChI is InChI=1S/C32H56N2O12/c1-11-23-32(8,40)26(37)20(6)28(38)33-16(2)13-31(7,43-15-21-14-42-21)27(18(4)24(35)19(5)29(39)45-23)46-30-25(36)22(34(9,10)41)12-17(3)44-30/h16-23,25-27,30,36-37,40-41H,11-15H2,1-10H3/p+1/t16-,17-,18+,19-,20-,21?,22+,23-,25-,26-,27-,30+,31-,32-/m1/s1. The molecular formula is C32H57N2O12+. The number of nitrogens with zero attached hydrogens (tertiary/aromatic N) is 1. The molecule has 3 aliphatic heterocycles. The number of carbonyl (C=O) groups is 3. The molecule has 14 nitrogen and oxygen atoms in total. The average Bonchev–Trinajstić information content (AvgIpc) is 3.80.